The second-order valence-corrected chi connectivity index (χ2v) is 4.56. The van der Waals surface area contributed by atoms with Gasteiger partial charge in [-0.2, -0.15) is 0 Å². The van der Waals surface area contributed by atoms with Crippen LogP contribution in [-0.4, -0.2) is 30.9 Å². The van der Waals surface area contributed by atoms with Crippen LogP contribution in [0, 0.1) is 5.41 Å². The van der Waals surface area contributed by atoms with Crippen molar-refractivity contribution in [3.8, 4) is 0 Å². The summed E-state index contributed by atoms with van der Waals surface area (Å²) >= 11 is 0. The zero-order valence-corrected chi connectivity index (χ0v) is 9.38. The third-order valence-corrected chi connectivity index (χ3v) is 3.13. The van der Waals surface area contributed by atoms with Crippen molar-refractivity contribution in [2.24, 2.45) is 11.1 Å². The van der Waals surface area contributed by atoms with Gasteiger partial charge in [0, 0.05) is 25.4 Å². The second-order valence-electron chi connectivity index (χ2n) is 4.56. The van der Waals surface area contributed by atoms with E-state index in [2.05, 4.69) is 6.92 Å². The van der Waals surface area contributed by atoms with Gasteiger partial charge in [-0.25, -0.2) is 0 Å². The second kappa shape index (κ2) is 4.78. The fourth-order valence-electron chi connectivity index (χ4n) is 1.71. The number of carbonyl (C=O) groups excluding carboxylic acids is 1. The first-order valence-electron chi connectivity index (χ1n) is 5.57. The molecule has 0 aromatic carbocycles. The summed E-state index contributed by atoms with van der Waals surface area (Å²) in [6.07, 6.45) is 5.15. The van der Waals surface area contributed by atoms with Gasteiger partial charge in [-0.3, -0.25) is 4.79 Å². The predicted octanol–water partition coefficient (Wildman–Crippen LogP) is 1.37. The molecule has 3 heteroatoms. The summed E-state index contributed by atoms with van der Waals surface area (Å²) < 4.78 is 0. The minimum absolute atomic E-state index is 0.270. The van der Waals surface area contributed by atoms with Crippen LogP contribution in [0.2, 0.25) is 0 Å². The third kappa shape index (κ3) is 2.98. The third-order valence-electron chi connectivity index (χ3n) is 3.13. The summed E-state index contributed by atoms with van der Waals surface area (Å²) in [6, 6.07) is 0. The molecule has 1 aliphatic carbocycles. The van der Waals surface area contributed by atoms with Crippen molar-refractivity contribution < 1.29 is 4.79 Å². The number of hydrogen-bond donors (Lipinski definition) is 1. The average Bonchev–Trinajstić information content (AvgIpc) is 2.94. The Hall–Kier alpha value is -0.570. The van der Waals surface area contributed by atoms with E-state index < -0.39 is 0 Å². The molecule has 0 aromatic rings. The van der Waals surface area contributed by atoms with Gasteiger partial charge < -0.3 is 10.6 Å². The molecule has 0 atom stereocenters. The van der Waals surface area contributed by atoms with Gasteiger partial charge in [-0.15, -0.1) is 0 Å². The largest absolute Gasteiger partial charge is 0.345 e. The first-order valence-corrected chi connectivity index (χ1v) is 5.57. The van der Waals surface area contributed by atoms with E-state index in [9.17, 15) is 4.79 Å². The molecule has 0 aromatic heterocycles. The molecule has 0 heterocycles. The van der Waals surface area contributed by atoms with Crippen molar-refractivity contribution in [1.82, 2.24) is 4.90 Å². The standard InChI is InChI=1S/C11H22N2O/c1-3-4-5-10(14)13(2)9-11(8-12)6-7-11/h3-9,12H2,1-2H3. The Bertz CT molecular complexity index is 199. The molecule has 14 heavy (non-hydrogen) atoms. The maximum Gasteiger partial charge on any atom is 0.222 e. The molecule has 0 unspecified atom stereocenters. The number of nitrogens with two attached hydrogens (primary N) is 1. The van der Waals surface area contributed by atoms with Crippen LogP contribution in [0.5, 0.6) is 0 Å². The van der Waals surface area contributed by atoms with E-state index in [-0.39, 0.29) is 11.3 Å². The topological polar surface area (TPSA) is 46.3 Å². The molecule has 1 aliphatic rings. The van der Waals surface area contributed by atoms with E-state index in [0.29, 0.717) is 6.42 Å². The number of unbranched alkanes of at least 4 members (excludes halogenated alkanes) is 1. The Morgan fingerprint density at radius 2 is 2.14 bits per heavy atom. The van der Waals surface area contributed by atoms with E-state index >= 15 is 0 Å². The highest BCUT2D eigenvalue weighted by Crippen LogP contribution is 2.44. The van der Waals surface area contributed by atoms with Crippen molar-refractivity contribution in [3.05, 3.63) is 0 Å². The van der Waals surface area contributed by atoms with Crippen LogP contribution >= 0.6 is 0 Å². The highest BCUT2D eigenvalue weighted by Gasteiger charge is 2.42. The minimum atomic E-state index is 0.270. The van der Waals surface area contributed by atoms with E-state index in [0.717, 1.165) is 25.9 Å². The lowest BCUT2D eigenvalue weighted by Crippen LogP contribution is -2.35. The van der Waals surface area contributed by atoms with Crippen LogP contribution in [0.4, 0.5) is 0 Å². The fraction of sp³-hybridized carbons (Fsp3) is 0.909. The molecule has 1 amide bonds. The van der Waals surface area contributed by atoms with Crippen molar-refractivity contribution in [2.45, 2.75) is 39.0 Å². The highest BCUT2D eigenvalue weighted by atomic mass is 16.2. The number of nitrogens with zero attached hydrogens (tertiary/aromatic N) is 1. The Balaban J connectivity index is 2.26. The van der Waals surface area contributed by atoms with E-state index in [1.165, 1.54) is 12.8 Å². The zero-order valence-electron chi connectivity index (χ0n) is 9.38. The maximum atomic E-state index is 11.6. The lowest BCUT2D eigenvalue weighted by molar-refractivity contribution is -0.130. The van der Waals surface area contributed by atoms with Gasteiger partial charge in [0.05, 0.1) is 0 Å². The lowest BCUT2D eigenvalue weighted by atomic mass is 10.1. The average molecular weight is 198 g/mol. The Morgan fingerprint density at radius 3 is 2.57 bits per heavy atom. The predicted molar refractivity (Wildman–Crippen MR) is 57.9 cm³/mol. The molecule has 3 nitrogen and oxygen atoms in total. The smallest absolute Gasteiger partial charge is 0.222 e. The molecule has 0 bridgehead atoms. The van der Waals surface area contributed by atoms with Gasteiger partial charge in [0.2, 0.25) is 5.91 Å². The van der Waals surface area contributed by atoms with Crippen molar-refractivity contribution in [3.63, 3.8) is 0 Å². The molecule has 1 saturated carbocycles. The molecular weight excluding hydrogens is 176 g/mol. The minimum Gasteiger partial charge on any atom is -0.345 e. The summed E-state index contributed by atoms with van der Waals surface area (Å²) in [5.74, 6) is 0.270. The van der Waals surface area contributed by atoms with Gasteiger partial charge in [-0.05, 0) is 25.8 Å². The molecule has 82 valence electrons. The van der Waals surface area contributed by atoms with Gasteiger partial charge >= 0.3 is 0 Å². The summed E-state index contributed by atoms with van der Waals surface area (Å²) in [5.41, 5.74) is 5.95. The Kier molecular flexibility index (Phi) is 3.93. The molecule has 1 rings (SSSR count). The monoisotopic (exact) mass is 198 g/mol. The summed E-state index contributed by atoms with van der Waals surface area (Å²) in [6.45, 7) is 3.68. The first kappa shape index (κ1) is 11.5. The normalized spacial score (nSPS) is 17.9. The van der Waals surface area contributed by atoms with Crippen LogP contribution < -0.4 is 5.73 Å². The highest BCUT2D eigenvalue weighted by molar-refractivity contribution is 5.75. The van der Waals surface area contributed by atoms with E-state index in [1.807, 2.05) is 11.9 Å². The number of hydrogen-bond acceptors (Lipinski definition) is 2. The molecule has 0 aliphatic heterocycles. The van der Waals surface area contributed by atoms with Gasteiger partial charge in [-0.1, -0.05) is 13.3 Å². The number of rotatable bonds is 6. The molecule has 1 fully saturated rings. The lowest BCUT2D eigenvalue weighted by Gasteiger charge is -2.22. The van der Waals surface area contributed by atoms with Crippen molar-refractivity contribution >= 4 is 5.91 Å². The van der Waals surface area contributed by atoms with E-state index in [1.54, 1.807) is 0 Å². The Labute approximate surface area is 86.6 Å². The summed E-state index contributed by atoms with van der Waals surface area (Å²) in [7, 11) is 1.90. The fourth-order valence-corrected chi connectivity index (χ4v) is 1.71. The van der Waals surface area contributed by atoms with Crippen molar-refractivity contribution in [2.75, 3.05) is 20.1 Å². The van der Waals surface area contributed by atoms with E-state index in [4.69, 9.17) is 5.73 Å². The zero-order chi connectivity index (χ0) is 10.6. The molecule has 0 spiro atoms. The summed E-state index contributed by atoms with van der Waals surface area (Å²) in [4.78, 5) is 13.5. The maximum absolute atomic E-state index is 11.6. The molecule has 0 radical (unpaired) electrons. The SMILES string of the molecule is CCCCC(=O)N(C)CC1(CN)CC1. The number of amides is 1. The first-order chi connectivity index (χ1) is 6.63. The van der Waals surface area contributed by atoms with Crippen LogP contribution in [0.1, 0.15) is 39.0 Å². The van der Waals surface area contributed by atoms with Gasteiger partial charge in [0.25, 0.3) is 0 Å². The van der Waals surface area contributed by atoms with Gasteiger partial charge in [0.15, 0.2) is 0 Å². The number of carbonyl (C=O) groups is 1. The van der Waals surface area contributed by atoms with Crippen molar-refractivity contribution in [1.29, 1.82) is 0 Å². The molecular formula is C11H22N2O. The van der Waals surface area contributed by atoms with Crippen LogP contribution in [-0.2, 0) is 4.79 Å². The Morgan fingerprint density at radius 1 is 1.50 bits per heavy atom. The molecule has 0 saturated heterocycles. The van der Waals surface area contributed by atoms with Crippen LogP contribution in [0.3, 0.4) is 0 Å². The molecule has 2 N–H and O–H groups in total. The van der Waals surface area contributed by atoms with Gasteiger partial charge in [0.1, 0.15) is 0 Å². The van der Waals surface area contributed by atoms with Crippen LogP contribution in [0.25, 0.3) is 0 Å². The quantitative estimate of drug-likeness (QED) is 0.700. The van der Waals surface area contributed by atoms with Crippen LogP contribution in [0.15, 0.2) is 0 Å². The summed E-state index contributed by atoms with van der Waals surface area (Å²) in [5, 5.41) is 0.